The average molecular weight is 442 g/mol. The Morgan fingerprint density at radius 3 is 2.56 bits per heavy atom. The van der Waals surface area contributed by atoms with Gasteiger partial charge in [0.15, 0.2) is 6.61 Å². The highest BCUT2D eigenvalue weighted by molar-refractivity contribution is 6.08. The molecule has 0 radical (unpaired) electrons. The molecule has 7 nitrogen and oxygen atoms in total. The molecule has 2 amide bonds. The Hall–Kier alpha value is -3.75. The number of nitrogens with zero attached hydrogens (tertiary/aromatic N) is 3. The number of nitrogens with one attached hydrogen (secondary N) is 1. The molecule has 0 bridgehead atoms. The molecular weight excluding hydrogens is 418 g/mol. The first-order valence-electron chi connectivity index (χ1n) is 10.1. The van der Waals surface area contributed by atoms with Gasteiger partial charge in [-0.1, -0.05) is 6.07 Å². The van der Waals surface area contributed by atoms with Gasteiger partial charge >= 0.3 is 0 Å². The second-order valence-corrected chi connectivity index (χ2v) is 7.03. The number of likely N-dealkylation sites (N-methyl/N-ethyl adjacent to an activating group) is 1. The van der Waals surface area contributed by atoms with E-state index in [1.54, 1.807) is 36.2 Å². The largest absolute Gasteiger partial charge is 0.484 e. The molecule has 168 valence electrons. The van der Waals surface area contributed by atoms with Crippen LogP contribution in [0.15, 0.2) is 48.7 Å². The van der Waals surface area contributed by atoms with Gasteiger partial charge in [0.05, 0.1) is 5.56 Å². The summed E-state index contributed by atoms with van der Waals surface area (Å²) in [5.74, 6) is -1.77. The van der Waals surface area contributed by atoms with Gasteiger partial charge in [0, 0.05) is 49.7 Å². The third kappa shape index (κ3) is 5.29. The van der Waals surface area contributed by atoms with E-state index in [9.17, 15) is 18.4 Å². The molecule has 3 rings (SSSR count). The number of benzene rings is 2. The van der Waals surface area contributed by atoms with E-state index in [1.165, 1.54) is 16.9 Å². The molecule has 0 saturated heterocycles. The minimum atomic E-state index is -0.814. The van der Waals surface area contributed by atoms with Gasteiger partial charge in [0.2, 0.25) is 0 Å². The smallest absolute Gasteiger partial charge is 0.260 e. The Bertz CT molecular complexity index is 1130. The van der Waals surface area contributed by atoms with E-state index < -0.39 is 17.5 Å². The first-order chi connectivity index (χ1) is 15.3. The lowest BCUT2D eigenvalue weighted by Crippen LogP contribution is -2.34. The Balaban J connectivity index is 1.76. The number of rotatable bonds is 8. The summed E-state index contributed by atoms with van der Waals surface area (Å²) in [5.41, 5.74) is 0.669. The second kappa shape index (κ2) is 10.0. The monoisotopic (exact) mass is 442 g/mol. The summed E-state index contributed by atoms with van der Waals surface area (Å²) in [5, 5.41) is 6.88. The van der Waals surface area contributed by atoms with Gasteiger partial charge in [-0.15, -0.1) is 0 Å². The van der Waals surface area contributed by atoms with Crippen LogP contribution in [0.1, 0.15) is 24.2 Å². The molecule has 0 fully saturated rings. The lowest BCUT2D eigenvalue weighted by molar-refractivity contribution is -0.132. The Kier molecular flexibility index (Phi) is 7.19. The number of amides is 2. The van der Waals surface area contributed by atoms with Crippen molar-refractivity contribution in [1.82, 2.24) is 14.7 Å². The van der Waals surface area contributed by atoms with Crippen LogP contribution in [0, 0.1) is 11.6 Å². The van der Waals surface area contributed by atoms with Gasteiger partial charge in [-0.2, -0.15) is 5.10 Å². The molecule has 32 heavy (non-hydrogen) atoms. The van der Waals surface area contributed by atoms with Crippen LogP contribution in [0.2, 0.25) is 0 Å². The lowest BCUT2D eigenvalue weighted by atomic mass is 10.1. The van der Waals surface area contributed by atoms with E-state index in [4.69, 9.17) is 4.74 Å². The highest BCUT2D eigenvalue weighted by Gasteiger charge is 2.20. The molecule has 0 aliphatic heterocycles. The number of carbonyl (C=O) groups is 2. The van der Waals surface area contributed by atoms with Crippen LogP contribution in [-0.2, 0) is 11.8 Å². The summed E-state index contributed by atoms with van der Waals surface area (Å²) in [4.78, 5) is 26.7. The Morgan fingerprint density at radius 2 is 1.88 bits per heavy atom. The number of anilines is 1. The Labute approximate surface area is 184 Å². The molecule has 0 atom stereocenters. The van der Waals surface area contributed by atoms with Gasteiger partial charge < -0.3 is 15.0 Å². The maximum Gasteiger partial charge on any atom is 0.260 e. The van der Waals surface area contributed by atoms with Gasteiger partial charge in [-0.25, -0.2) is 8.78 Å². The number of aryl methyl sites for hydroxylation is 1. The van der Waals surface area contributed by atoms with Crippen LogP contribution in [0.25, 0.3) is 11.3 Å². The van der Waals surface area contributed by atoms with Crippen LogP contribution in [-0.4, -0.2) is 46.2 Å². The normalized spacial score (nSPS) is 10.7. The molecule has 0 spiro atoms. The van der Waals surface area contributed by atoms with Crippen LogP contribution >= 0.6 is 0 Å². The predicted molar refractivity (Wildman–Crippen MR) is 116 cm³/mol. The molecule has 0 aliphatic carbocycles. The van der Waals surface area contributed by atoms with Crippen molar-refractivity contribution in [2.45, 2.75) is 13.8 Å². The van der Waals surface area contributed by atoms with Crippen molar-refractivity contribution >= 4 is 17.5 Å². The van der Waals surface area contributed by atoms with Gasteiger partial charge in [0.1, 0.15) is 23.1 Å². The molecule has 0 aliphatic rings. The molecule has 0 unspecified atom stereocenters. The van der Waals surface area contributed by atoms with E-state index in [1.807, 2.05) is 13.8 Å². The maximum absolute atomic E-state index is 14.3. The molecular formula is C23H24F2N4O3. The van der Waals surface area contributed by atoms with Crippen LogP contribution in [0.4, 0.5) is 14.5 Å². The minimum absolute atomic E-state index is 0.0177. The third-order valence-corrected chi connectivity index (χ3v) is 4.83. The van der Waals surface area contributed by atoms with Crippen molar-refractivity contribution < 1.29 is 23.1 Å². The summed E-state index contributed by atoms with van der Waals surface area (Å²) < 4.78 is 34.5. The zero-order chi connectivity index (χ0) is 23.3. The van der Waals surface area contributed by atoms with Crippen molar-refractivity contribution in [2.24, 2.45) is 7.05 Å². The zero-order valence-electron chi connectivity index (χ0n) is 18.1. The second-order valence-electron chi connectivity index (χ2n) is 7.03. The quantitative estimate of drug-likeness (QED) is 0.575. The number of halogens is 2. The number of aromatic nitrogens is 2. The van der Waals surface area contributed by atoms with Crippen molar-refractivity contribution in [3.05, 3.63) is 65.9 Å². The van der Waals surface area contributed by atoms with E-state index in [0.29, 0.717) is 24.5 Å². The van der Waals surface area contributed by atoms with Gasteiger partial charge in [-0.3, -0.25) is 14.3 Å². The molecule has 1 N–H and O–H groups in total. The fourth-order valence-corrected chi connectivity index (χ4v) is 3.21. The van der Waals surface area contributed by atoms with Gasteiger partial charge in [-0.05, 0) is 38.1 Å². The third-order valence-electron chi connectivity index (χ3n) is 4.83. The summed E-state index contributed by atoms with van der Waals surface area (Å²) >= 11 is 0. The lowest BCUT2D eigenvalue weighted by Gasteiger charge is -2.18. The molecule has 9 heteroatoms. The number of hydrogen-bond acceptors (Lipinski definition) is 4. The van der Waals surface area contributed by atoms with Crippen molar-refractivity contribution in [2.75, 3.05) is 25.0 Å². The van der Waals surface area contributed by atoms with Crippen LogP contribution < -0.4 is 10.1 Å². The first-order valence-corrected chi connectivity index (χ1v) is 10.1. The fourth-order valence-electron chi connectivity index (χ4n) is 3.21. The highest BCUT2D eigenvalue weighted by Crippen LogP contribution is 2.26. The highest BCUT2D eigenvalue weighted by atomic mass is 19.1. The van der Waals surface area contributed by atoms with Crippen molar-refractivity contribution in [3.8, 4) is 17.0 Å². The van der Waals surface area contributed by atoms with Crippen molar-refractivity contribution in [3.63, 3.8) is 0 Å². The molecule has 1 aromatic heterocycles. The minimum Gasteiger partial charge on any atom is -0.484 e. The van der Waals surface area contributed by atoms with Crippen molar-refractivity contribution in [1.29, 1.82) is 0 Å². The zero-order valence-corrected chi connectivity index (χ0v) is 18.1. The Morgan fingerprint density at radius 1 is 1.12 bits per heavy atom. The van der Waals surface area contributed by atoms with Crippen LogP contribution in [0.5, 0.6) is 5.75 Å². The summed E-state index contributed by atoms with van der Waals surface area (Å²) in [6.45, 7) is 4.85. The molecule has 2 aromatic carbocycles. The van der Waals surface area contributed by atoms with E-state index in [2.05, 4.69) is 10.4 Å². The standard InChI is InChI=1S/C23H24F2N4O3/c1-4-29(5-2)21(30)14-32-17-8-6-7-16(12-17)26-23(31)19-13-28(3)27-22(19)18-10-9-15(24)11-20(18)25/h6-13H,4-5,14H2,1-3H3,(H,26,31). The van der Waals surface area contributed by atoms with E-state index in [-0.39, 0.29) is 29.3 Å². The number of carbonyl (C=O) groups excluding carboxylic acids is 2. The van der Waals surface area contributed by atoms with Gasteiger partial charge in [0.25, 0.3) is 11.8 Å². The van der Waals surface area contributed by atoms with E-state index >= 15 is 0 Å². The molecule has 0 saturated carbocycles. The summed E-state index contributed by atoms with van der Waals surface area (Å²) in [6, 6.07) is 9.69. The number of ether oxygens (including phenoxy) is 1. The topological polar surface area (TPSA) is 76.5 Å². The SMILES string of the molecule is CCN(CC)C(=O)COc1cccc(NC(=O)c2cn(C)nc2-c2ccc(F)cc2F)c1. The summed E-state index contributed by atoms with van der Waals surface area (Å²) in [6.07, 6.45) is 1.45. The summed E-state index contributed by atoms with van der Waals surface area (Å²) in [7, 11) is 1.60. The molecule has 3 aromatic rings. The number of hydrogen-bond donors (Lipinski definition) is 1. The maximum atomic E-state index is 14.3. The predicted octanol–water partition coefficient (Wildman–Crippen LogP) is 3.86. The fraction of sp³-hybridized carbons (Fsp3) is 0.261. The first kappa shape index (κ1) is 22.9. The molecule has 1 heterocycles. The average Bonchev–Trinajstić information content (AvgIpc) is 3.15. The van der Waals surface area contributed by atoms with Crippen LogP contribution in [0.3, 0.4) is 0 Å². The van der Waals surface area contributed by atoms with E-state index in [0.717, 1.165) is 12.1 Å².